The standard InChI is InChI=1S/C18H27N5O2/c1-13(14-3-4-14)23-16(7-8-19-23)20-18(25)22-10-2-9-21(11-12-22)17(24)15-5-6-15/h7-8,13-15H,2-6,9-12H2,1H3,(H,20,25)/t13-/m0/s1. The zero-order valence-corrected chi connectivity index (χ0v) is 14.9. The summed E-state index contributed by atoms with van der Waals surface area (Å²) in [7, 11) is 0. The highest BCUT2D eigenvalue weighted by Gasteiger charge is 2.34. The van der Waals surface area contributed by atoms with Gasteiger partial charge >= 0.3 is 6.03 Å². The normalized spacial score (nSPS) is 22.4. The maximum absolute atomic E-state index is 12.7. The summed E-state index contributed by atoms with van der Waals surface area (Å²) in [5.74, 6) is 1.97. The number of aromatic nitrogens is 2. The molecule has 25 heavy (non-hydrogen) atoms. The van der Waals surface area contributed by atoms with E-state index in [1.165, 1.54) is 12.8 Å². The minimum atomic E-state index is -0.0922. The van der Waals surface area contributed by atoms with Crippen LogP contribution < -0.4 is 5.32 Å². The average molecular weight is 345 g/mol. The topological polar surface area (TPSA) is 70.5 Å². The first-order valence-electron chi connectivity index (χ1n) is 9.51. The zero-order valence-electron chi connectivity index (χ0n) is 14.9. The maximum atomic E-state index is 12.7. The van der Waals surface area contributed by atoms with Crippen molar-refractivity contribution in [1.82, 2.24) is 19.6 Å². The van der Waals surface area contributed by atoms with Crippen LogP contribution in [-0.4, -0.2) is 57.7 Å². The zero-order chi connectivity index (χ0) is 17.4. The summed E-state index contributed by atoms with van der Waals surface area (Å²) in [6.45, 7) is 4.84. The van der Waals surface area contributed by atoms with Gasteiger partial charge in [-0.25, -0.2) is 9.48 Å². The van der Waals surface area contributed by atoms with Crippen LogP contribution in [0.15, 0.2) is 12.3 Å². The molecular weight excluding hydrogens is 318 g/mol. The minimum Gasteiger partial charge on any atom is -0.341 e. The second-order valence-corrected chi connectivity index (χ2v) is 7.61. The van der Waals surface area contributed by atoms with E-state index in [2.05, 4.69) is 17.3 Å². The second-order valence-electron chi connectivity index (χ2n) is 7.61. The van der Waals surface area contributed by atoms with Gasteiger partial charge in [0.2, 0.25) is 5.91 Å². The molecule has 2 heterocycles. The number of urea groups is 1. The molecule has 1 aromatic rings. The van der Waals surface area contributed by atoms with Gasteiger partial charge in [-0.05, 0) is 44.9 Å². The first kappa shape index (κ1) is 16.4. The molecule has 3 amide bonds. The van der Waals surface area contributed by atoms with E-state index in [1.807, 2.05) is 20.5 Å². The van der Waals surface area contributed by atoms with E-state index < -0.39 is 0 Å². The summed E-state index contributed by atoms with van der Waals surface area (Å²) < 4.78 is 1.93. The molecule has 1 aliphatic heterocycles. The fraction of sp³-hybridized carbons (Fsp3) is 0.722. The van der Waals surface area contributed by atoms with Crippen LogP contribution in [0, 0.1) is 11.8 Å². The van der Waals surface area contributed by atoms with E-state index in [0.717, 1.165) is 31.6 Å². The van der Waals surface area contributed by atoms with Crippen molar-refractivity contribution in [2.75, 3.05) is 31.5 Å². The quantitative estimate of drug-likeness (QED) is 0.910. The van der Waals surface area contributed by atoms with Crippen molar-refractivity contribution in [2.24, 2.45) is 11.8 Å². The molecule has 1 atom stereocenters. The fourth-order valence-corrected chi connectivity index (χ4v) is 3.63. The molecule has 1 aromatic heterocycles. The number of anilines is 1. The van der Waals surface area contributed by atoms with Gasteiger partial charge in [-0.2, -0.15) is 5.10 Å². The van der Waals surface area contributed by atoms with E-state index in [1.54, 1.807) is 6.20 Å². The smallest absolute Gasteiger partial charge is 0.323 e. The molecule has 0 bridgehead atoms. The third-order valence-electron chi connectivity index (χ3n) is 5.62. The Morgan fingerprint density at radius 1 is 1.12 bits per heavy atom. The molecule has 1 N–H and O–H groups in total. The van der Waals surface area contributed by atoms with Crippen LogP contribution in [0.1, 0.15) is 45.1 Å². The van der Waals surface area contributed by atoms with Gasteiger partial charge < -0.3 is 9.80 Å². The predicted octanol–water partition coefficient (Wildman–Crippen LogP) is 2.33. The van der Waals surface area contributed by atoms with Crippen LogP contribution >= 0.6 is 0 Å². The van der Waals surface area contributed by atoms with Crippen molar-refractivity contribution in [3.63, 3.8) is 0 Å². The van der Waals surface area contributed by atoms with Gasteiger partial charge in [-0.15, -0.1) is 0 Å². The first-order chi connectivity index (χ1) is 12.1. The highest BCUT2D eigenvalue weighted by Crippen LogP contribution is 2.40. The summed E-state index contributed by atoms with van der Waals surface area (Å²) in [4.78, 5) is 28.7. The number of nitrogens with zero attached hydrogens (tertiary/aromatic N) is 4. The molecule has 4 rings (SSSR count). The molecule has 7 heteroatoms. The number of rotatable bonds is 4. The number of hydrogen-bond donors (Lipinski definition) is 1. The van der Waals surface area contributed by atoms with Crippen LogP contribution in [0.4, 0.5) is 10.6 Å². The molecule has 0 spiro atoms. The Bertz CT molecular complexity index is 650. The van der Waals surface area contributed by atoms with Gasteiger partial charge in [0.25, 0.3) is 0 Å². The van der Waals surface area contributed by atoms with Crippen LogP contribution in [0.3, 0.4) is 0 Å². The number of nitrogens with one attached hydrogen (secondary N) is 1. The summed E-state index contributed by atoms with van der Waals surface area (Å²) in [5.41, 5.74) is 0. The molecule has 2 saturated carbocycles. The van der Waals surface area contributed by atoms with Gasteiger partial charge in [-0.3, -0.25) is 10.1 Å². The lowest BCUT2D eigenvalue weighted by molar-refractivity contribution is -0.132. The third-order valence-corrected chi connectivity index (χ3v) is 5.62. The highest BCUT2D eigenvalue weighted by atomic mass is 16.2. The van der Waals surface area contributed by atoms with E-state index in [0.29, 0.717) is 31.6 Å². The van der Waals surface area contributed by atoms with Gasteiger partial charge in [0, 0.05) is 38.2 Å². The Hall–Kier alpha value is -2.05. The van der Waals surface area contributed by atoms with Crippen LogP contribution in [0.5, 0.6) is 0 Å². The van der Waals surface area contributed by atoms with Crippen molar-refractivity contribution < 1.29 is 9.59 Å². The van der Waals surface area contributed by atoms with E-state index in [4.69, 9.17) is 0 Å². The van der Waals surface area contributed by atoms with Crippen molar-refractivity contribution in [1.29, 1.82) is 0 Å². The number of carbonyl (C=O) groups excluding carboxylic acids is 2. The summed E-state index contributed by atoms with van der Waals surface area (Å²) in [5, 5.41) is 7.40. The van der Waals surface area contributed by atoms with Gasteiger partial charge in [0.05, 0.1) is 12.2 Å². The van der Waals surface area contributed by atoms with Crippen LogP contribution in [0.2, 0.25) is 0 Å². The third kappa shape index (κ3) is 3.65. The maximum Gasteiger partial charge on any atom is 0.323 e. The van der Waals surface area contributed by atoms with Crippen molar-refractivity contribution in [2.45, 2.75) is 45.1 Å². The first-order valence-corrected chi connectivity index (χ1v) is 9.51. The molecule has 3 aliphatic rings. The summed E-state index contributed by atoms with van der Waals surface area (Å²) >= 11 is 0. The van der Waals surface area contributed by atoms with Crippen LogP contribution in [0.25, 0.3) is 0 Å². The lowest BCUT2D eigenvalue weighted by Crippen LogP contribution is -2.40. The minimum absolute atomic E-state index is 0.0922. The number of amides is 3. The predicted molar refractivity (Wildman–Crippen MR) is 94.2 cm³/mol. The molecule has 1 saturated heterocycles. The SMILES string of the molecule is C[C@@H](C1CC1)n1nccc1NC(=O)N1CCCN(C(=O)C2CC2)CC1. The Morgan fingerprint density at radius 2 is 1.84 bits per heavy atom. The Balaban J connectivity index is 1.35. The molecular formula is C18H27N5O2. The number of carbonyl (C=O) groups is 2. The van der Waals surface area contributed by atoms with E-state index in [9.17, 15) is 9.59 Å². The van der Waals surface area contributed by atoms with Crippen molar-refractivity contribution >= 4 is 17.8 Å². The summed E-state index contributed by atoms with van der Waals surface area (Å²) in [6.07, 6.45) is 7.12. The van der Waals surface area contributed by atoms with E-state index >= 15 is 0 Å². The molecule has 3 fully saturated rings. The van der Waals surface area contributed by atoms with E-state index in [-0.39, 0.29) is 17.9 Å². The molecule has 0 unspecified atom stereocenters. The summed E-state index contributed by atoms with van der Waals surface area (Å²) in [6, 6.07) is 2.09. The molecule has 2 aliphatic carbocycles. The number of hydrogen-bond acceptors (Lipinski definition) is 3. The van der Waals surface area contributed by atoms with Crippen LogP contribution in [-0.2, 0) is 4.79 Å². The Kier molecular flexibility index (Phi) is 4.39. The lowest BCUT2D eigenvalue weighted by atomic mass is 10.2. The van der Waals surface area contributed by atoms with Gasteiger partial charge in [0.1, 0.15) is 5.82 Å². The Morgan fingerprint density at radius 3 is 2.56 bits per heavy atom. The molecule has 7 nitrogen and oxygen atoms in total. The second kappa shape index (κ2) is 6.69. The van der Waals surface area contributed by atoms with Crippen molar-refractivity contribution in [3.8, 4) is 0 Å². The average Bonchev–Trinajstić information content (AvgIpc) is 3.49. The molecule has 0 radical (unpaired) electrons. The lowest BCUT2D eigenvalue weighted by Gasteiger charge is -2.23. The highest BCUT2D eigenvalue weighted by molar-refractivity contribution is 5.88. The molecule has 136 valence electrons. The van der Waals surface area contributed by atoms with Crippen molar-refractivity contribution in [3.05, 3.63) is 12.3 Å². The largest absolute Gasteiger partial charge is 0.341 e. The monoisotopic (exact) mass is 345 g/mol. The molecule has 0 aromatic carbocycles. The van der Waals surface area contributed by atoms with Gasteiger partial charge in [0.15, 0.2) is 0 Å². The fourth-order valence-electron chi connectivity index (χ4n) is 3.63. The van der Waals surface area contributed by atoms with Gasteiger partial charge in [-0.1, -0.05) is 0 Å². The Labute approximate surface area is 148 Å².